The van der Waals surface area contributed by atoms with Crippen LogP contribution in [0.4, 0.5) is 28.4 Å². The Balaban J connectivity index is 0.000000176. The first-order chi connectivity index (χ1) is 30.3. The number of hydrogen-bond donors (Lipinski definition) is 6. The van der Waals surface area contributed by atoms with Gasteiger partial charge in [-0.25, -0.2) is 0 Å². The number of nitrogen functional groups attached to an aromatic ring is 1. The molecular formula is C47H50ClN5O11. The van der Waals surface area contributed by atoms with Gasteiger partial charge in [0.15, 0.2) is 0 Å². The molecule has 0 spiro atoms. The number of rotatable bonds is 6. The van der Waals surface area contributed by atoms with Gasteiger partial charge in [-0.3, -0.25) is 28.8 Å². The molecule has 0 atom stereocenters. The van der Waals surface area contributed by atoms with Crippen LogP contribution in [0.15, 0.2) is 72.8 Å². The maximum absolute atomic E-state index is 11.3. The third-order valence-corrected chi connectivity index (χ3v) is 10.0. The number of aromatic hydroxyl groups is 1. The molecule has 0 aliphatic carbocycles. The van der Waals surface area contributed by atoms with Crippen LogP contribution in [0.2, 0.25) is 0 Å². The number of phenolic OH excluding ortho intramolecular Hbond substituents is 1. The highest BCUT2D eigenvalue weighted by atomic mass is 35.5. The summed E-state index contributed by atoms with van der Waals surface area (Å²) in [6, 6.07) is 21.1. The number of ether oxygens (including phenoxy) is 4. The van der Waals surface area contributed by atoms with Crippen LogP contribution < -0.4 is 45.9 Å². The molecule has 0 saturated carbocycles. The van der Waals surface area contributed by atoms with E-state index in [-0.39, 0.29) is 17.6 Å². The zero-order valence-electron chi connectivity index (χ0n) is 36.8. The third kappa shape index (κ3) is 12.7. The monoisotopic (exact) mass is 895 g/mol. The smallest absolute Gasteiger partial charge is 0.310 e. The van der Waals surface area contributed by atoms with Crippen molar-refractivity contribution in [3.63, 3.8) is 0 Å². The number of hydrogen-bond acceptors (Lipinski definition) is 12. The number of benzene rings is 5. The summed E-state index contributed by atoms with van der Waals surface area (Å²) in [5, 5.41) is 18.7. The molecule has 5 aromatic rings. The van der Waals surface area contributed by atoms with Crippen molar-refractivity contribution in [3.8, 4) is 28.7 Å². The van der Waals surface area contributed by atoms with Gasteiger partial charge in [0.25, 0.3) is 11.7 Å². The number of Topliss-reactive ketones (excluding diaryl/α,β-unsaturated/α-hetero) is 1. The fourth-order valence-electron chi connectivity index (χ4n) is 6.49. The minimum Gasteiger partial charge on any atom is -0.508 e. The third-order valence-electron chi connectivity index (χ3n) is 9.83. The van der Waals surface area contributed by atoms with Crippen LogP contribution in [0, 0.1) is 34.6 Å². The zero-order valence-corrected chi connectivity index (χ0v) is 37.6. The Kier molecular flexibility index (Phi) is 16.8. The first-order valence-electron chi connectivity index (χ1n) is 19.5. The largest absolute Gasteiger partial charge is 0.508 e. The van der Waals surface area contributed by atoms with E-state index in [0.717, 1.165) is 67.5 Å². The zero-order chi connectivity index (χ0) is 47.4. The van der Waals surface area contributed by atoms with E-state index in [2.05, 4.69) is 21.3 Å². The van der Waals surface area contributed by atoms with Crippen molar-refractivity contribution in [1.29, 1.82) is 0 Å². The average molecular weight is 896 g/mol. The molecule has 4 amide bonds. The van der Waals surface area contributed by atoms with Crippen LogP contribution in [0.5, 0.6) is 28.7 Å². The number of amides is 4. The van der Waals surface area contributed by atoms with Crippen molar-refractivity contribution in [1.82, 2.24) is 0 Å². The topological polar surface area (TPSA) is 234 Å². The number of carbonyl (C=O) groups is 6. The predicted octanol–water partition coefficient (Wildman–Crippen LogP) is 7.13. The maximum atomic E-state index is 11.3. The van der Waals surface area contributed by atoms with E-state index in [4.69, 9.17) is 36.3 Å². The SMILES string of the molecule is COc1cc(C)c2c(c1)C(=O)C(=O)N2.COc1cc(C)c2c(c1)CC(=O)N2.COc1ccc(N)c(C)c1.COc1ccc(NC(=O)C(=O)Cl)c(C)c1.Cc1cc(O)cc2c1NC(=O)C2. The summed E-state index contributed by atoms with van der Waals surface area (Å²) in [5.74, 6) is 1.31. The van der Waals surface area contributed by atoms with Crippen LogP contribution in [0.1, 0.15) is 49.3 Å². The molecule has 5 aromatic carbocycles. The van der Waals surface area contributed by atoms with Crippen LogP contribution in [0.3, 0.4) is 0 Å². The summed E-state index contributed by atoms with van der Waals surface area (Å²) >= 11 is 5.01. The Hall–Kier alpha value is -7.59. The molecule has 0 saturated heterocycles. The number of fused-ring (bicyclic) bond motifs is 3. The summed E-state index contributed by atoms with van der Waals surface area (Å²) in [5.41, 5.74) is 16.3. The van der Waals surface area contributed by atoms with Gasteiger partial charge in [0.1, 0.15) is 28.7 Å². The number of ketones is 1. The van der Waals surface area contributed by atoms with Crippen molar-refractivity contribution in [2.75, 3.05) is 55.4 Å². The summed E-state index contributed by atoms with van der Waals surface area (Å²) in [4.78, 5) is 66.0. The minimum atomic E-state index is -1.04. The molecule has 0 radical (unpaired) electrons. The van der Waals surface area contributed by atoms with E-state index in [1.165, 1.54) is 7.11 Å². The van der Waals surface area contributed by atoms with Gasteiger partial charge in [0.2, 0.25) is 11.8 Å². The van der Waals surface area contributed by atoms with E-state index < -0.39 is 22.8 Å². The highest BCUT2D eigenvalue weighted by Gasteiger charge is 2.30. The highest BCUT2D eigenvalue weighted by molar-refractivity contribution is 6.82. The van der Waals surface area contributed by atoms with Crippen LogP contribution >= 0.6 is 11.6 Å². The fourth-order valence-corrected chi connectivity index (χ4v) is 6.54. The van der Waals surface area contributed by atoms with Crippen LogP contribution in [-0.4, -0.2) is 68.2 Å². The van der Waals surface area contributed by atoms with Gasteiger partial charge in [-0.1, -0.05) is 0 Å². The second-order valence-electron chi connectivity index (χ2n) is 14.5. The first kappa shape index (κ1) is 49.1. The summed E-state index contributed by atoms with van der Waals surface area (Å²) in [6.45, 7) is 9.39. The molecule has 7 N–H and O–H groups in total. The number of nitrogens with two attached hydrogens (primary N) is 1. The molecule has 0 unspecified atom stereocenters. The number of halogens is 1. The molecule has 16 nitrogen and oxygen atoms in total. The number of methoxy groups -OCH3 is 4. The molecule has 336 valence electrons. The Morgan fingerprint density at radius 2 is 1.06 bits per heavy atom. The molecule has 17 heteroatoms. The van der Waals surface area contributed by atoms with Gasteiger partial charge >= 0.3 is 11.1 Å². The quantitative estimate of drug-likeness (QED) is 0.0433. The molecule has 3 aliphatic heterocycles. The van der Waals surface area contributed by atoms with Crippen LogP contribution in [-0.2, 0) is 36.8 Å². The molecule has 8 rings (SSSR count). The van der Waals surface area contributed by atoms with E-state index >= 15 is 0 Å². The Morgan fingerprint density at radius 1 is 0.594 bits per heavy atom. The minimum absolute atomic E-state index is 0.00120. The number of carbonyl (C=O) groups excluding carboxylic acids is 6. The predicted molar refractivity (Wildman–Crippen MR) is 245 cm³/mol. The second-order valence-corrected chi connectivity index (χ2v) is 14.8. The summed E-state index contributed by atoms with van der Waals surface area (Å²) < 4.78 is 20.1. The van der Waals surface area contributed by atoms with E-state index in [1.807, 2.05) is 58.0 Å². The highest BCUT2D eigenvalue weighted by Crippen LogP contribution is 2.33. The van der Waals surface area contributed by atoms with E-state index in [0.29, 0.717) is 41.3 Å². The van der Waals surface area contributed by atoms with Crippen molar-refractivity contribution in [2.24, 2.45) is 0 Å². The molecular weight excluding hydrogens is 846 g/mol. The number of anilines is 5. The van der Waals surface area contributed by atoms with Gasteiger partial charge in [-0.05, 0) is 158 Å². The average Bonchev–Trinajstić information content (AvgIpc) is 3.93. The van der Waals surface area contributed by atoms with E-state index in [9.17, 15) is 33.9 Å². The van der Waals surface area contributed by atoms with Crippen molar-refractivity contribution < 1.29 is 52.8 Å². The summed E-state index contributed by atoms with van der Waals surface area (Å²) in [6.07, 6.45) is 0.845. The maximum Gasteiger partial charge on any atom is 0.310 e. The molecule has 3 aliphatic rings. The molecule has 0 aromatic heterocycles. The molecule has 0 bridgehead atoms. The van der Waals surface area contributed by atoms with Crippen molar-refractivity contribution >= 4 is 74.7 Å². The van der Waals surface area contributed by atoms with Gasteiger partial charge in [-0.15, -0.1) is 0 Å². The Labute approximate surface area is 375 Å². The molecule has 64 heavy (non-hydrogen) atoms. The van der Waals surface area contributed by atoms with Gasteiger partial charge in [-0.2, -0.15) is 0 Å². The summed E-state index contributed by atoms with van der Waals surface area (Å²) in [7, 11) is 6.35. The number of phenols is 1. The number of nitrogens with one attached hydrogen (secondary N) is 4. The van der Waals surface area contributed by atoms with Crippen molar-refractivity contribution in [3.05, 3.63) is 117 Å². The lowest BCUT2D eigenvalue weighted by Crippen LogP contribution is -2.18. The molecule has 3 heterocycles. The normalized spacial score (nSPS) is 12.2. The lowest BCUT2D eigenvalue weighted by atomic mass is 10.1. The standard InChI is InChI=1S/C10H10ClNO3.C10H9NO3.C10H11NO2.C9H9NO2.C8H11NO/c1-6-5-7(15-2)3-4-8(6)12-10(14)9(11)13;1-5-3-6(14-2)4-7-8(5)11-10(13)9(7)12;1-6-3-8(13-2)4-7-5-9(12)11-10(6)7;1-5-2-7(11)3-6-4-8(12)10-9(5)6;1-6-5-7(10-2)3-4-8(6)9/h3-5H,1-2H3,(H,12,14);3-4H,1-2H3,(H,11,12,13);3-4H,5H2,1-2H3,(H,11,12);2-3,11H,4H2,1H3,(H,10,12);3-5H,9H2,1-2H3. The Bertz CT molecular complexity index is 2630. The lowest BCUT2D eigenvalue weighted by molar-refractivity contribution is -0.130. The number of aryl methyl sites for hydroxylation is 5. The van der Waals surface area contributed by atoms with Gasteiger partial charge in [0, 0.05) is 22.7 Å². The van der Waals surface area contributed by atoms with Gasteiger partial charge < -0.3 is 51.1 Å². The lowest BCUT2D eigenvalue weighted by Gasteiger charge is -2.07. The Morgan fingerprint density at radius 3 is 1.58 bits per heavy atom. The molecule has 0 fully saturated rings. The van der Waals surface area contributed by atoms with Crippen molar-refractivity contribution in [2.45, 2.75) is 47.5 Å². The first-order valence-corrected chi connectivity index (χ1v) is 19.9. The fraction of sp³-hybridized carbons (Fsp3) is 0.234. The van der Waals surface area contributed by atoms with Crippen LogP contribution in [0.25, 0.3) is 0 Å². The van der Waals surface area contributed by atoms with E-state index in [1.54, 1.807) is 70.7 Å². The second kappa shape index (κ2) is 22.0. The van der Waals surface area contributed by atoms with Gasteiger partial charge in [0.05, 0.1) is 52.5 Å².